The molecule has 0 bridgehead atoms. The van der Waals surface area contributed by atoms with Crippen molar-refractivity contribution in [1.29, 1.82) is 0 Å². The predicted molar refractivity (Wildman–Crippen MR) is 143 cm³/mol. The zero-order valence-corrected chi connectivity index (χ0v) is 22.3. The van der Waals surface area contributed by atoms with Crippen LogP contribution in [0.3, 0.4) is 0 Å². The first-order valence-corrected chi connectivity index (χ1v) is 13.2. The molecular formula is C30H39F2N3O2. The van der Waals surface area contributed by atoms with Crippen molar-refractivity contribution in [3.8, 4) is 0 Å². The second-order valence-corrected chi connectivity index (χ2v) is 11.5. The van der Waals surface area contributed by atoms with Gasteiger partial charge in [0.1, 0.15) is 11.6 Å². The average molecular weight is 512 g/mol. The van der Waals surface area contributed by atoms with Crippen LogP contribution in [0.5, 0.6) is 0 Å². The molecule has 7 heteroatoms. The van der Waals surface area contributed by atoms with E-state index in [1.165, 1.54) is 23.3 Å². The number of nitrogens with zero attached hydrogens (tertiary/aromatic N) is 1. The first kappa shape index (κ1) is 27.3. The van der Waals surface area contributed by atoms with E-state index in [0.29, 0.717) is 30.8 Å². The van der Waals surface area contributed by atoms with E-state index in [1.54, 1.807) is 0 Å². The fourth-order valence-electron chi connectivity index (χ4n) is 5.24. The minimum atomic E-state index is -0.637. The highest BCUT2D eigenvalue weighted by Crippen LogP contribution is 2.39. The van der Waals surface area contributed by atoms with E-state index in [4.69, 9.17) is 4.52 Å². The summed E-state index contributed by atoms with van der Waals surface area (Å²) < 4.78 is 32.4. The summed E-state index contributed by atoms with van der Waals surface area (Å²) in [5, 5.41) is 21.9. The van der Waals surface area contributed by atoms with Crippen LogP contribution in [-0.2, 0) is 17.4 Å². The van der Waals surface area contributed by atoms with Crippen molar-refractivity contribution in [1.82, 2.24) is 10.5 Å². The highest BCUT2D eigenvalue weighted by molar-refractivity contribution is 5.36. The molecular weight excluding hydrogens is 472 g/mol. The number of hydrogen-bond acceptors (Lipinski definition) is 5. The summed E-state index contributed by atoms with van der Waals surface area (Å²) in [6.07, 6.45) is 3.86. The van der Waals surface area contributed by atoms with Crippen molar-refractivity contribution >= 4 is 5.88 Å². The maximum atomic E-state index is 13.5. The molecule has 1 atom stereocenters. The quantitative estimate of drug-likeness (QED) is 0.310. The van der Waals surface area contributed by atoms with Gasteiger partial charge in [-0.25, -0.2) is 8.78 Å². The van der Waals surface area contributed by atoms with Crippen LogP contribution in [-0.4, -0.2) is 29.0 Å². The number of halogens is 2. The monoisotopic (exact) mass is 511 g/mol. The van der Waals surface area contributed by atoms with E-state index >= 15 is 0 Å². The van der Waals surface area contributed by atoms with Crippen LogP contribution < -0.4 is 10.6 Å². The maximum absolute atomic E-state index is 13.5. The molecule has 0 radical (unpaired) electrons. The summed E-state index contributed by atoms with van der Waals surface area (Å²) in [6, 6.07) is 14.5. The van der Waals surface area contributed by atoms with Crippen molar-refractivity contribution in [2.75, 3.05) is 11.9 Å². The molecule has 1 unspecified atom stereocenters. The molecule has 0 amide bonds. The largest absolute Gasteiger partial charge is 0.392 e. The van der Waals surface area contributed by atoms with E-state index in [9.17, 15) is 13.9 Å². The molecule has 1 aliphatic rings. The minimum absolute atomic E-state index is 0.0276. The summed E-state index contributed by atoms with van der Waals surface area (Å²) in [5.74, 6) is -0.487. The van der Waals surface area contributed by atoms with Gasteiger partial charge in [-0.15, -0.1) is 0 Å². The molecule has 0 aliphatic heterocycles. The van der Waals surface area contributed by atoms with Crippen LogP contribution in [0.2, 0.25) is 0 Å². The molecule has 2 aromatic carbocycles. The normalized spacial score (nSPS) is 21.1. The van der Waals surface area contributed by atoms with Gasteiger partial charge in [-0.2, -0.15) is 0 Å². The Morgan fingerprint density at radius 1 is 1.08 bits per heavy atom. The molecule has 1 aliphatic carbocycles. The van der Waals surface area contributed by atoms with Gasteiger partial charge in [0.2, 0.25) is 5.88 Å². The number of hydrogen-bond donors (Lipinski definition) is 3. The van der Waals surface area contributed by atoms with Crippen LogP contribution in [0.4, 0.5) is 14.7 Å². The molecule has 1 aromatic heterocycles. The van der Waals surface area contributed by atoms with Crippen LogP contribution in [0.25, 0.3) is 0 Å². The SMILES string of the molecule is Cc1cc(NC2CCC(NCC(O)CCc3cc(F)cc(F)c3)(c3cccc(C(C)(C)C)c3)CC2)on1. The smallest absolute Gasteiger partial charge is 0.225 e. The molecule has 1 fully saturated rings. The number of rotatable bonds is 9. The van der Waals surface area contributed by atoms with Crippen LogP contribution in [0.15, 0.2) is 53.1 Å². The third-order valence-electron chi connectivity index (χ3n) is 7.46. The Balaban J connectivity index is 1.45. The number of aryl methyl sites for hydroxylation is 2. The van der Waals surface area contributed by atoms with Gasteiger partial charge >= 0.3 is 0 Å². The molecule has 5 nitrogen and oxygen atoms in total. The number of aliphatic hydroxyl groups is 1. The minimum Gasteiger partial charge on any atom is -0.392 e. The number of anilines is 1. The molecule has 200 valence electrons. The summed E-state index contributed by atoms with van der Waals surface area (Å²) in [5.41, 5.74) is 3.66. The predicted octanol–water partition coefficient (Wildman–Crippen LogP) is 6.39. The topological polar surface area (TPSA) is 70.3 Å². The van der Waals surface area contributed by atoms with E-state index in [1.807, 2.05) is 13.0 Å². The standard InChI is InChI=1S/C30H39F2N3O2/c1-20-14-28(37-35-20)34-26-10-12-30(13-11-26,23-7-5-6-22(17-23)29(2,3)4)33-19-27(36)9-8-21-15-24(31)18-25(32)16-21/h5-7,14-18,26-27,33-34,36H,8-13,19H2,1-4H3. The molecule has 3 aromatic rings. The highest BCUT2D eigenvalue weighted by Gasteiger charge is 2.37. The number of aromatic nitrogens is 1. The van der Waals surface area contributed by atoms with Gasteiger partial charge < -0.3 is 20.3 Å². The van der Waals surface area contributed by atoms with Gasteiger partial charge in [-0.1, -0.05) is 50.2 Å². The lowest BCUT2D eigenvalue weighted by Crippen LogP contribution is -2.49. The molecule has 3 N–H and O–H groups in total. The van der Waals surface area contributed by atoms with Crippen LogP contribution in [0.1, 0.15) is 75.3 Å². The Bertz CT molecular complexity index is 1160. The molecule has 4 rings (SSSR count). The summed E-state index contributed by atoms with van der Waals surface area (Å²) in [7, 11) is 0. The fourth-order valence-corrected chi connectivity index (χ4v) is 5.24. The van der Waals surface area contributed by atoms with Crippen molar-refractivity contribution in [2.45, 2.75) is 89.3 Å². The van der Waals surface area contributed by atoms with Gasteiger partial charge in [0.05, 0.1) is 11.8 Å². The molecule has 1 saturated carbocycles. The zero-order chi connectivity index (χ0) is 26.6. The lowest BCUT2D eigenvalue weighted by molar-refractivity contribution is 0.130. The van der Waals surface area contributed by atoms with Crippen LogP contribution in [0, 0.1) is 18.6 Å². The number of nitrogens with one attached hydrogen (secondary N) is 2. The Morgan fingerprint density at radius 2 is 1.78 bits per heavy atom. The van der Waals surface area contributed by atoms with Gasteiger partial charge in [0.15, 0.2) is 0 Å². The summed E-state index contributed by atoms with van der Waals surface area (Å²) in [6.45, 7) is 8.95. The number of benzene rings is 2. The Labute approximate surface area is 218 Å². The second-order valence-electron chi connectivity index (χ2n) is 11.5. The Morgan fingerprint density at radius 3 is 2.41 bits per heavy atom. The third kappa shape index (κ3) is 7.17. The zero-order valence-electron chi connectivity index (χ0n) is 22.3. The number of aliphatic hydroxyl groups excluding tert-OH is 1. The van der Waals surface area contributed by atoms with E-state index < -0.39 is 17.7 Å². The van der Waals surface area contributed by atoms with Crippen molar-refractivity contribution in [3.05, 3.63) is 82.5 Å². The first-order valence-electron chi connectivity index (χ1n) is 13.2. The molecule has 0 spiro atoms. The van der Waals surface area contributed by atoms with Gasteiger partial charge in [-0.3, -0.25) is 0 Å². The Hall–Kier alpha value is -2.77. The van der Waals surface area contributed by atoms with Gasteiger partial charge in [0, 0.05) is 30.3 Å². The average Bonchev–Trinajstić information content (AvgIpc) is 3.26. The second kappa shape index (κ2) is 11.3. The molecule has 1 heterocycles. The maximum Gasteiger partial charge on any atom is 0.225 e. The van der Waals surface area contributed by atoms with E-state index in [2.05, 4.69) is 60.8 Å². The van der Waals surface area contributed by atoms with Crippen molar-refractivity contribution < 1.29 is 18.4 Å². The fraction of sp³-hybridized carbons (Fsp3) is 0.500. The van der Waals surface area contributed by atoms with E-state index in [0.717, 1.165) is 37.4 Å². The van der Waals surface area contributed by atoms with Gasteiger partial charge in [-0.05, 0) is 79.7 Å². The van der Waals surface area contributed by atoms with Gasteiger partial charge in [0.25, 0.3) is 0 Å². The van der Waals surface area contributed by atoms with Crippen molar-refractivity contribution in [3.63, 3.8) is 0 Å². The van der Waals surface area contributed by atoms with Crippen molar-refractivity contribution in [2.24, 2.45) is 0 Å². The highest BCUT2D eigenvalue weighted by atomic mass is 19.1. The summed E-state index contributed by atoms with van der Waals surface area (Å²) in [4.78, 5) is 0. The molecule has 37 heavy (non-hydrogen) atoms. The Kier molecular flexibility index (Phi) is 8.34. The first-order chi connectivity index (χ1) is 17.5. The third-order valence-corrected chi connectivity index (χ3v) is 7.46. The summed E-state index contributed by atoms with van der Waals surface area (Å²) >= 11 is 0. The lowest BCUT2D eigenvalue weighted by Gasteiger charge is -2.42. The van der Waals surface area contributed by atoms with E-state index in [-0.39, 0.29) is 17.0 Å². The van der Waals surface area contributed by atoms with Crippen LogP contribution >= 0.6 is 0 Å². The lowest BCUT2D eigenvalue weighted by atomic mass is 9.73. The molecule has 0 saturated heterocycles.